The highest BCUT2D eigenvalue weighted by Gasteiger charge is 2.35. The summed E-state index contributed by atoms with van der Waals surface area (Å²) < 4.78 is 15.7. The Labute approximate surface area is 193 Å². The molecule has 1 aliphatic rings. The molecule has 1 amide bonds. The first-order valence-corrected chi connectivity index (χ1v) is 11.4. The van der Waals surface area contributed by atoms with Crippen molar-refractivity contribution in [2.24, 2.45) is 0 Å². The van der Waals surface area contributed by atoms with Crippen molar-refractivity contribution in [2.45, 2.75) is 46.6 Å². The van der Waals surface area contributed by atoms with Crippen LogP contribution in [-0.2, 0) is 11.3 Å². The lowest BCUT2D eigenvalue weighted by Crippen LogP contribution is -2.24. The monoisotopic (exact) mass is 441 g/mol. The average molecular weight is 442 g/mol. The number of hydrogen-bond donors (Lipinski definition) is 0. The van der Waals surface area contributed by atoms with Crippen LogP contribution in [-0.4, -0.2) is 22.0 Å². The number of amides is 1. The second kappa shape index (κ2) is 8.14. The number of fused-ring (bicyclic) bond motifs is 1. The van der Waals surface area contributed by atoms with Gasteiger partial charge in [-0.2, -0.15) is 0 Å². The topological polar surface area (TPSA) is 38.1 Å². The zero-order chi connectivity index (χ0) is 23.3. The largest absolute Gasteiger partial charge is 0.323 e. The summed E-state index contributed by atoms with van der Waals surface area (Å²) in [7, 11) is 0. The Balaban J connectivity index is 1.57. The number of para-hydroxylation sites is 2. The minimum Gasteiger partial charge on any atom is -0.323 e. The molecular formula is C28H28FN3O. The van der Waals surface area contributed by atoms with E-state index >= 15 is 0 Å². The molecule has 1 aromatic heterocycles. The number of anilines is 1. The Kier molecular flexibility index (Phi) is 5.28. The van der Waals surface area contributed by atoms with Crippen LogP contribution in [0.2, 0.25) is 0 Å². The number of aromatic nitrogens is 2. The summed E-state index contributed by atoms with van der Waals surface area (Å²) >= 11 is 0. The molecule has 0 spiro atoms. The molecule has 4 aromatic rings. The van der Waals surface area contributed by atoms with Gasteiger partial charge in [-0.3, -0.25) is 4.79 Å². The number of halogens is 1. The molecule has 0 bridgehead atoms. The number of carbonyl (C=O) groups is 1. The number of imidazole rings is 1. The van der Waals surface area contributed by atoms with E-state index in [1.807, 2.05) is 18.2 Å². The van der Waals surface area contributed by atoms with Crippen molar-refractivity contribution in [3.05, 3.63) is 94.1 Å². The highest BCUT2D eigenvalue weighted by atomic mass is 19.1. The first-order chi connectivity index (χ1) is 15.8. The summed E-state index contributed by atoms with van der Waals surface area (Å²) in [4.78, 5) is 19.7. The van der Waals surface area contributed by atoms with E-state index in [9.17, 15) is 9.18 Å². The lowest BCUT2D eigenvalue weighted by atomic mass is 9.94. The van der Waals surface area contributed by atoms with Crippen LogP contribution in [0.5, 0.6) is 0 Å². The standard InChI is InChI=1S/C28H28FN3O/c1-17-13-18(2)20(4)24(19(17)3)16-32-26-8-6-5-7-25(26)30-28(32)21-14-27(33)31(15-21)23-11-9-22(29)10-12-23/h5-13,21H,14-16H2,1-4H3. The second-order valence-corrected chi connectivity index (χ2v) is 9.17. The van der Waals surface area contributed by atoms with E-state index in [0.29, 0.717) is 13.0 Å². The molecule has 2 heterocycles. The van der Waals surface area contributed by atoms with Gasteiger partial charge in [0, 0.05) is 31.1 Å². The number of aryl methyl sites for hydroxylation is 2. The third-order valence-electron chi connectivity index (χ3n) is 7.15. The van der Waals surface area contributed by atoms with Crippen LogP contribution in [0.15, 0.2) is 54.6 Å². The molecular weight excluding hydrogens is 413 g/mol. The number of benzene rings is 3. The molecule has 5 heteroatoms. The van der Waals surface area contributed by atoms with E-state index in [4.69, 9.17) is 4.98 Å². The Morgan fingerprint density at radius 3 is 2.33 bits per heavy atom. The molecule has 1 unspecified atom stereocenters. The minimum atomic E-state index is -0.303. The quantitative estimate of drug-likeness (QED) is 0.391. The Morgan fingerprint density at radius 1 is 0.970 bits per heavy atom. The molecule has 0 saturated carbocycles. The Bertz CT molecular complexity index is 1340. The van der Waals surface area contributed by atoms with E-state index in [1.54, 1.807) is 17.0 Å². The fourth-order valence-electron chi connectivity index (χ4n) is 5.02. The maximum absolute atomic E-state index is 13.4. The zero-order valence-electron chi connectivity index (χ0n) is 19.5. The van der Waals surface area contributed by atoms with Crippen LogP contribution in [0.4, 0.5) is 10.1 Å². The van der Waals surface area contributed by atoms with E-state index < -0.39 is 0 Å². The summed E-state index contributed by atoms with van der Waals surface area (Å²) in [6.07, 6.45) is 0.394. The molecule has 1 aliphatic heterocycles. The van der Waals surface area contributed by atoms with Crippen molar-refractivity contribution in [2.75, 3.05) is 11.4 Å². The van der Waals surface area contributed by atoms with Crippen molar-refractivity contribution < 1.29 is 9.18 Å². The average Bonchev–Trinajstić information content (AvgIpc) is 3.36. The molecule has 1 saturated heterocycles. The molecule has 33 heavy (non-hydrogen) atoms. The molecule has 168 valence electrons. The van der Waals surface area contributed by atoms with Crippen molar-refractivity contribution >= 4 is 22.6 Å². The molecule has 0 radical (unpaired) electrons. The van der Waals surface area contributed by atoms with Crippen LogP contribution >= 0.6 is 0 Å². The number of nitrogens with zero attached hydrogens (tertiary/aromatic N) is 3. The number of rotatable bonds is 4. The molecule has 0 N–H and O–H groups in total. The summed E-state index contributed by atoms with van der Waals surface area (Å²) in [6, 6.07) is 16.6. The van der Waals surface area contributed by atoms with Gasteiger partial charge in [-0.05, 0) is 91.9 Å². The third-order valence-corrected chi connectivity index (χ3v) is 7.15. The smallest absolute Gasteiger partial charge is 0.227 e. The SMILES string of the molecule is Cc1cc(C)c(C)c(Cn2c(C3CC(=O)N(c4ccc(F)cc4)C3)nc3ccccc32)c1C. The first kappa shape index (κ1) is 21.4. The fourth-order valence-corrected chi connectivity index (χ4v) is 5.02. The lowest BCUT2D eigenvalue weighted by Gasteiger charge is -2.20. The van der Waals surface area contributed by atoms with Crippen LogP contribution < -0.4 is 4.90 Å². The van der Waals surface area contributed by atoms with Gasteiger partial charge in [-0.1, -0.05) is 18.2 Å². The predicted octanol–water partition coefficient (Wildman–Crippen LogP) is 5.98. The van der Waals surface area contributed by atoms with Gasteiger partial charge in [0.2, 0.25) is 5.91 Å². The fraction of sp³-hybridized carbons (Fsp3) is 0.286. The predicted molar refractivity (Wildman–Crippen MR) is 130 cm³/mol. The van der Waals surface area contributed by atoms with Gasteiger partial charge in [0.1, 0.15) is 11.6 Å². The number of carbonyl (C=O) groups excluding carboxylic acids is 1. The molecule has 3 aromatic carbocycles. The van der Waals surface area contributed by atoms with E-state index in [-0.39, 0.29) is 17.6 Å². The molecule has 1 atom stereocenters. The van der Waals surface area contributed by atoms with Gasteiger partial charge in [0.05, 0.1) is 11.0 Å². The lowest BCUT2D eigenvalue weighted by molar-refractivity contribution is -0.117. The van der Waals surface area contributed by atoms with Crippen LogP contribution in [0, 0.1) is 33.5 Å². The van der Waals surface area contributed by atoms with Crippen LogP contribution in [0.3, 0.4) is 0 Å². The van der Waals surface area contributed by atoms with Gasteiger partial charge in [-0.25, -0.2) is 9.37 Å². The molecule has 0 aliphatic carbocycles. The second-order valence-electron chi connectivity index (χ2n) is 9.17. The zero-order valence-corrected chi connectivity index (χ0v) is 19.5. The Morgan fingerprint density at radius 2 is 1.64 bits per heavy atom. The molecule has 4 nitrogen and oxygen atoms in total. The van der Waals surface area contributed by atoms with Gasteiger partial charge in [0.15, 0.2) is 0 Å². The van der Waals surface area contributed by atoms with Crippen LogP contribution in [0.1, 0.15) is 46.0 Å². The normalized spacial score (nSPS) is 16.2. The Hall–Kier alpha value is -3.47. The van der Waals surface area contributed by atoms with Crippen molar-refractivity contribution in [1.29, 1.82) is 0 Å². The van der Waals surface area contributed by atoms with Gasteiger partial charge >= 0.3 is 0 Å². The maximum atomic E-state index is 13.4. The van der Waals surface area contributed by atoms with Gasteiger partial charge < -0.3 is 9.47 Å². The molecule has 5 rings (SSSR count). The number of hydrogen-bond acceptors (Lipinski definition) is 2. The van der Waals surface area contributed by atoms with Crippen molar-refractivity contribution in [3.63, 3.8) is 0 Å². The van der Waals surface area contributed by atoms with Crippen LogP contribution in [0.25, 0.3) is 11.0 Å². The highest BCUT2D eigenvalue weighted by Crippen LogP contribution is 2.34. The van der Waals surface area contributed by atoms with E-state index in [1.165, 1.54) is 39.9 Å². The highest BCUT2D eigenvalue weighted by molar-refractivity contribution is 5.96. The molecule has 1 fully saturated rings. The third kappa shape index (κ3) is 3.71. The first-order valence-electron chi connectivity index (χ1n) is 11.4. The summed E-state index contributed by atoms with van der Waals surface area (Å²) in [5, 5.41) is 0. The summed E-state index contributed by atoms with van der Waals surface area (Å²) in [6.45, 7) is 9.95. The maximum Gasteiger partial charge on any atom is 0.227 e. The van der Waals surface area contributed by atoms with Gasteiger partial charge in [0.25, 0.3) is 0 Å². The van der Waals surface area contributed by atoms with Gasteiger partial charge in [-0.15, -0.1) is 0 Å². The summed E-state index contributed by atoms with van der Waals surface area (Å²) in [5.41, 5.74) is 9.26. The van der Waals surface area contributed by atoms with Crippen molar-refractivity contribution in [3.8, 4) is 0 Å². The van der Waals surface area contributed by atoms with E-state index in [2.05, 4.69) is 44.4 Å². The summed E-state index contributed by atoms with van der Waals surface area (Å²) in [5.74, 6) is 0.653. The van der Waals surface area contributed by atoms with E-state index in [0.717, 1.165) is 29.1 Å². The minimum absolute atomic E-state index is 0.0264. The van der Waals surface area contributed by atoms with Crippen molar-refractivity contribution in [1.82, 2.24) is 9.55 Å².